The Morgan fingerprint density at radius 3 is 1.93 bits per heavy atom. The summed E-state index contributed by atoms with van der Waals surface area (Å²) in [4.78, 5) is 110. The van der Waals surface area contributed by atoms with E-state index in [4.69, 9.17) is 57.8 Å². The van der Waals surface area contributed by atoms with Gasteiger partial charge in [-0.25, -0.2) is 9.59 Å². The molecule has 3 aliphatic heterocycles. The van der Waals surface area contributed by atoms with Gasteiger partial charge in [0.2, 0.25) is 35.4 Å². The van der Waals surface area contributed by atoms with Crippen LogP contribution in [0.25, 0.3) is 0 Å². The van der Waals surface area contributed by atoms with Gasteiger partial charge < -0.3 is 105 Å². The van der Waals surface area contributed by atoms with Crippen LogP contribution < -0.4 is 48.3 Å². The van der Waals surface area contributed by atoms with Crippen molar-refractivity contribution in [2.24, 2.45) is 17.6 Å². The molecule has 0 saturated carbocycles. The Bertz CT molecular complexity index is 2710. The number of epoxide rings is 1. The molecule has 0 aliphatic carbocycles. The fraction of sp³-hybridized carbons (Fsp3) is 0.696. The number of anilines is 1. The lowest BCUT2D eigenvalue weighted by molar-refractivity contribution is -0.145. The number of thioether (sulfide) groups is 1. The topological polar surface area (TPSA) is 401 Å². The zero-order chi connectivity index (χ0) is 73.7. The van der Waals surface area contributed by atoms with E-state index in [-0.39, 0.29) is 99.2 Å². The predicted molar refractivity (Wildman–Crippen MR) is 375 cm³/mol. The molecule has 3 heterocycles. The summed E-state index contributed by atoms with van der Waals surface area (Å²) in [6.45, 7) is 24.0. The molecule has 9 amide bonds. The number of rotatable bonds is 47. The van der Waals surface area contributed by atoms with Crippen molar-refractivity contribution in [2.45, 2.75) is 174 Å². The smallest absolute Gasteiger partial charge is 0.407 e. The van der Waals surface area contributed by atoms with E-state index in [1.54, 1.807) is 58.0 Å². The lowest BCUT2D eigenvalue weighted by Crippen LogP contribution is -2.54. The molecule has 0 aromatic heterocycles. The SMILES string of the molecule is CCC(=O)N[C@H](C(=O)N[C@@H](CCCNC(N)=O)C(=O)Nc1ccc(COC(=O)NCCNC(=O)C[C@@H]2C[C@@]3(CO3)[C@H](O)[C@@H](/C=C/C(C)=C/C[C@@H]3O[C@H](C)[C@H](NC(=O)/C=C\[C@H](C)OC(C)=O)C[C@@H]3C)O2)cc1)C(C)C.CCOCCOCCOCCOCCOCCOCCNC(=O)CSC. The first-order valence-corrected chi connectivity index (χ1v) is 35.8. The third-order valence-electron chi connectivity index (χ3n) is 15.7. The van der Waals surface area contributed by atoms with Crippen LogP contribution in [0.5, 0.6) is 0 Å². The summed E-state index contributed by atoms with van der Waals surface area (Å²) in [6.07, 6.45) is 9.18. The van der Waals surface area contributed by atoms with Crippen molar-refractivity contribution in [2.75, 3.05) is 129 Å². The van der Waals surface area contributed by atoms with Crippen LogP contribution in [0.2, 0.25) is 0 Å². The molecule has 0 radical (unpaired) electrons. The molecule has 1 aromatic carbocycles. The normalized spacial score (nSPS) is 21.2. The van der Waals surface area contributed by atoms with E-state index in [0.29, 0.717) is 129 Å². The van der Waals surface area contributed by atoms with Crippen LogP contribution in [0.15, 0.2) is 60.2 Å². The first-order chi connectivity index (χ1) is 47.9. The number of carbonyl (C=O) groups is 9. The van der Waals surface area contributed by atoms with Crippen LogP contribution >= 0.6 is 11.8 Å². The van der Waals surface area contributed by atoms with Gasteiger partial charge in [-0.1, -0.05) is 63.6 Å². The number of alkyl carbamates (subject to hydrolysis) is 1. The maximum atomic E-state index is 13.4. The lowest BCUT2D eigenvalue weighted by Gasteiger charge is -2.39. The molecule has 11 atom stereocenters. The van der Waals surface area contributed by atoms with Gasteiger partial charge in [-0.15, -0.1) is 0 Å². The van der Waals surface area contributed by atoms with Crippen molar-refractivity contribution in [3.63, 3.8) is 0 Å². The molecule has 31 heteroatoms. The Morgan fingerprint density at radius 2 is 1.35 bits per heavy atom. The number of amides is 9. The molecule has 0 bridgehead atoms. The van der Waals surface area contributed by atoms with Crippen molar-refractivity contribution in [3.8, 4) is 0 Å². The number of urea groups is 1. The number of esters is 1. The Balaban J connectivity index is 0.000000841. The number of allylic oxidation sites excluding steroid dienone is 2. The number of nitrogens with one attached hydrogen (secondary N) is 8. The summed E-state index contributed by atoms with van der Waals surface area (Å²) in [7, 11) is 0. The van der Waals surface area contributed by atoms with E-state index in [1.165, 1.54) is 30.8 Å². The Morgan fingerprint density at radius 1 is 0.740 bits per heavy atom. The number of hydrogen-bond acceptors (Lipinski definition) is 22. The second kappa shape index (κ2) is 50.5. The molecule has 1 aromatic rings. The van der Waals surface area contributed by atoms with Gasteiger partial charge in [0.15, 0.2) is 0 Å². The number of ether oxygens (including phenoxy) is 11. The number of nitrogens with two attached hydrogens (primary N) is 1. The molecule has 100 heavy (non-hydrogen) atoms. The van der Waals surface area contributed by atoms with Gasteiger partial charge in [0, 0.05) is 64.3 Å². The third-order valence-corrected chi connectivity index (χ3v) is 16.3. The Hall–Kier alpha value is -6.78. The average molecular weight is 1440 g/mol. The highest BCUT2D eigenvalue weighted by atomic mass is 32.2. The van der Waals surface area contributed by atoms with E-state index in [2.05, 4.69) is 55.5 Å². The highest BCUT2D eigenvalue weighted by Gasteiger charge is 2.58. The average Bonchev–Trinajstić information content (AvgIpc) is 1.60. The fourth-order valence-electron chi connectivity index (χ4n) is 10.2. The van der Waals surface area contributed by atoms with Crippen LogP contribution in [0, 0.1) is 11.8 Å². The molecule has 3 saturated heterocycles. The maximum absolute atomic E-state index is 13.4. The number of aliphatic hydroxyl groups is 1. The highest BCUT2D eigenvalue weighted by molar-refractivity contribution is 7.99. The largest absolute Gasteiger partial charge is 0.459 e. The molecule has 4 rings (SSSR count). The lowest BCUT2D eigenvalue weighted by atomic mass is 9.87. The van der Waals surface area contributed by atoms with Gasteiger partial charge in [-0.05, 0) is 95.2 Å². The molecule has 0 unspecified atom stereocenters. The van der Waals surface area contributed by atoms with Crippen LogP contribution in [0.3, 0.4) is 0 Å². The standard InChI is InChI=1S/C52H78N8O14.C17H35NO7S/c1-9-43(62)60-46(30(2)3)49(67)59-39(11-10-22-55-50(53)68)48(66)57-37-17-15-36(16-18-37)28-70-51(69)56-24-23-54-45(64)26-38-27-52(29-71-52)47(65)42(74-38)20-13-31(4)12-19-41-32(5)25-40(34(7)73-41)58-44(63)21-14-33(6)72-35(8)61;1-3-20-6-7-22-10-11-24-14-15-25-13-12-23-9-8-21-5-4-18-17(19)16-26-2/h12-18,20-21,30,32-34,38-42,46-47,65H,9-11,19,22-29H2,1-8H3,(H,54,64)(H,56,69)(H,57,66)(H,58,63)(H,59,67)(H,60,62)(H3,53,55,68);3-16H2,1-2H3,(H,18,19)/b20-13+,21-14-,31-12+;/t32-,33-,34+,38+,39-,40+,41-,42+,46-,47+,52+;/m0./s1. The van der Waals surface area contributed by atoms with E-state index >= 15 is 0 Å². The number of aliphatic hydroxyl groups excluding tert-OH is 1. The van der Waals surface area contributed by atoms with E-state index in [1.807, 2.05) is 33.1 Å². The molecule has 30 nitrogen and oxygen atoms in total. The monoisotopic (exact) mass is 1440 g/mol. The molecule has 1 spiro atoms. The second-order valence-corrected chi connectivity index (χ2v) is 25.4. The zero-order valence-electron chi connectivity index (χ0n) is 60.0. The van der Waals surface area contributed by atoms with Gasteiger partial charge in [0.05, 0.1) is 116 Å². The number of hydrogen-bond donors (Lipinski definition) is 10. The van der Waals surface area contributed by atoms with Crippen molar-refractivity contribution in [1.82, 2.24) is 37.2 Å². The van der Waals surface area contributed by atoms with Crippen LogP contribution in [-0.2, 0) is 92.3 Å². The Labute approximate surface area is 593 Å². The first kappa shape index (κ1) is 87.4. The summed E-state index contributed by atoms with van der Waals surface area (Å²) in [6, 6.07) is 3.75. The summed E-state index contributed by atoms with van der Waals surface area (Å²) in [5, 5.41) is 32.9. The minimum absolute atomic E-state index is 0.0130. The van der Waals surface area contributed by atoms with Crippen molar-refractivity contribution < 1.29 is 100 Å². The zero-order valence-corrected chi connectivity index (χ0v) is 60.8. The van der Waals surface area contributed by atoms with Crippen LogP contribution in [-0.4, -0.2) is 243 Å². The third kappa shape index (κ3) is 38.3. The molecule has 3 aliphatic rings. The number of primary amides is 1. The minimum atomic E-state index is -1.00. The summed E-state index contributed by atoms with van der Waals surface area (Å²) >= 11 is 1.50. The molecular formula is C69H113N9O21S. The second-order valence-electron chi connectivity index (χ2n) is 24.6. The predicted octanol–water partition coefficient (Wildman–Crippen LogP) is 3.41. The van der Waals surface area contributed by atoms with Gasteiger partial charge in [-0.3, -0.25) is 33.6 Å². The maximum Gasteiger partial charge on any atom is 0.407 e. The molecule has 566 valence electrons. The minimum Gasteiger partial charge on any atom is -0.459 e. The first-order valence-electron chi connectivity index (χ1n) is 34.4. The van der Waals surface area contributed by atoms with Gasteiger partial charge >= 0.3 is 18.1 Å². The number of benzene rings is 1. The van der Waals surface area contributed by atoms with E-state index < -0.39 is 72.0 Å². The van der Waals surface area contributed by atoms with Crippen molar-refractivity contribution in [3.05, 3.63) is 65.8 Å². The number of carbonyl (C=O) groups excluding carboxylic acids is 9. The van der Waals surface area contributed by atoms with Gasteiger partial charge in [0.1, 0.15) is 42.6 Å². The van der Waals surface area contributed by atoms with Crippen LogP contribution in [0.1, 0.15) is 113 Å². The van der Waals surface area contributed by atoms with E-state index in [9.17, 15) is 48.3 Å². The Kier molecular flexibility index (Phi) is 44.2. The molecule has 3 fully saturated rings. The molecular weight excluding hydrogens is 1320 g/mol. The van der Waals surface area contributed by atoms with Crippen molar-refractivity contribution >= 4 is 71.0 Å². The quantitative estimate of drug-likeness (QED) is 0.0147. The highest BCUT2D eigenvalue weighted by Crippen LogP contribution is 2.43. The van der Waals surface area contributed by atoms with Crippen LogP contribution in [0.4, 0.5) is 15.3 Å². The van der Waals surface area contributed by atoms with Crippen molar-refractivity contribution in [1.29, 1.82) is 0 Å². The summed E-state index contributed by atoms with van der Waals surface area (Å²) in [5.41, 5.74) is 6.32. The summed E-state index contributed by atoms with van der Waals surface area (Å²) in [5.74, 6) is -1.95. The van der Waals surface area contributed by atoms with E-state index in [0.717, 1.165) is 12.0 Å². The summed E-state index contributed by atoms with van der Waals surface area (Å²) < 4.78 is 60.5. The van der Waals surface area contributed by atoms with Gasteiger partial charge in [0.25, 0.3) is 0 Å². The van der Waals surface area contributed by atoms with Gasteiger partial charge in [-0.2, -0.15) is 11.8 Å². The fourth-order valence-corrected chi connectivity index (χ4v) is 10.6. The molecule has 11 N–H and O–H groups in total.